The van der Waals surface area contributed by atoms with Crippen molar-refractivity contribution in [3.05, 3.63) is 48.5 Å². The normalized spacial score (nSPS) is 14.0. The van der Waals surface area contributed by atoms with Gasteiger partial charge in [0.15, 0.2) is 0 Å². The van der Waals surface area contributed by atoms with Gasteiger partial charge in [-0.3, -0.25) is 0 Å². The summed E-state index contributed by atoms with van der Waals surface area (Å²) in [6.07, 6.45) is -1.32. The monoisotopic (exact) mass is 380 g/mol. The molecule has 0 aromatic heterocycles. The lowest BCUT2D eigenvalue weighted by atomic mass is 10.3. The second kappa shape index (κ2) is 9.00. The minimum Gasteiger partial charge on any atom is -0.399 e. The first kappa shape index (κ1) is 20.2. The summed E-state index contributed by atoms with van der Waals surface area (Å²) in [4.78, 5) is 0.353. The van der Waals surface area contributed by atoms with Gasteiger partial charge in [0, 0.05) is 17.9 Å². The molecule has 0 spiro atoms. The Morgan fingerprint density at radius 1 is 1.00 bits per heavy atom. The van der Waals surface area contributed by atoms with Gasteiger partial charge in [-0.25, -0.2) is 8.42 Å². The predicted octanol–water partition coefficient (Wildman–Crippen LogP) is 1.27. The molecule has 0 aliphatic rings. The van der Waals surface area contributed by atoms with Gasteiger partial charge < -0.3 is 26.0 Å². The van der Waals surface area contributed by atoms with E-state index in [0.717, 1.165) is 0 Å². The molecule has 142 valence electrons. The van der Waals surface area contributed by atoms with Crippen LogP contribution in [0, 0.1) is 0 Å². The van der Waals surface area contributed by atoms with Crippen molar-refractivity contribution in [3.8, 4) is 0 Å². The minimum absolute atomic E-state index is 0.0987. The highest BCUT2D eigenvalue weighted by molar-refractivity contribution is 7.91. The molecular formula is C18H24N2O5S. The lowest BCUT2D eigenvalue weighted by Gasteiger charge is -2.14. The van der Waals surface area contributed by atoms with E-state index in [4.69, 9.17) is 15.6 Å². The van der Waals surface area contributed by atoms with Gasteiger partial charge in [0.1, 0.15) is 0 Å². The van der Waals surface area contributed by atoms with Crippen LogP contribution in [0.5, 0.6) is 0 Å². The molecule has 0 heterocycles. The van der Waals surface area contributed by atoms with Crippen LogP contribution in [-0.4, -0.2) is 50.6 Å². The van der Waals surface area contributed by atoms with Gasteiger partial charge >= 0.3 is 0 Å². The molecule has 0 radical (unpaired) electrons. The van der Waals surface area contributed by atoms with E-state index < -0.39 is 22.0 Å². The number of aliphatic hydroxyl groups excluding tert-OH is 2. The molecule has 2 atom stereocenters. The van der Waals surface area contributed by atoms with Crippen molar-refractivity contribution in [3.63, 3.8) is 0 Å². The zero-order chi connectivity index (χ0) is 19.2. The number of aliphatic hydroxyl groups is 2. The molecule has 2 rings (SSSR count). The van der Waals surface area contributed by atoms with Crippen LogP contribution in [0.15, 0.2) is 58.3 Å². The van der Waals surface area contributed by atoms with Crippen LogP contribution in [0.1, 0.15) is 6.92 Å². The Labute approximate surface area is 153 Å². The summed E-state index contributed by atoms with van der Waals surface area (Å²) in [5, 5.41) is 21.9. The van der Waals surface area contributed by atoms with Crippen LogP contribution in [0.2, 0.25) is 0 Å². The van der Waals surface area contributed by atoms with Crippen molar-refractivity contribution in [2.45, 2.75) is 28.9 Å². The van der Waals surface area contributed by atoms with E-state index in [0.29, 0.717) is 11.4 Å². The van der Waals surface area contributed by atoms with Crippen molar-refractivity contribution >= 4 is 21.2 Å². The Hall–Kier alpha value is -2.13. The minimum atomic E-state index is -3.60. The summed E-state index contributed by atoms with van der Waals surface area (Å²) in [6.45, 7) is 2.10. The van der Waals surface area contributed by atoms with Crippen molar-refractivity contribution in [1.82, 2.24) is 0 Å². The fourth-order valence-electron chi connectivity index (χ4n) is 2.20. The highest BCUT2D eigenvalue weighted by Crippen LogP contribution is 2.23. The topological polar surface area (TPSA) is 122 Å². The second-order valence-electron chi connectivity index (χ2n) is 6.02. The molecule has 0 saturated heterocycles. The standard InChI is InChI=1S/C18H24N2O5S/c1-13(21)11-25-12-16(22)10-20-15-4-8-18(9-5-15)26(23,24)17-6-2-14(19)3-7-17/h2-9,13,16,20-22H,10-12,19H2,1H3. The van der Waals surface area contributed by atoms with Crippen LogP contribution in [-0.2, 0) is 14.6 Å². The maximum atomic E-state index is 12.6. The van der Waals surface area contributed by atoms with E-state index in [1.165, 1.54) is 24.3 Å². The van der Waals surface area contributed by atoms with Crippen LogP contribution < -0.4 is 11.1 Å². The Morgan fingerprint density at radius 3 is 2.08 bits per heavy atom. The first-order valence-electron chi connectivity index (χ1n) is 8.17. The molecule has 2 aromatic rings. The predicted molar refractivity (Wildman–Crippen MR) is 99.7 cm³/mol. The molecule has 0 fully saturated rings. The Bertz CT molecular complexity index is 789. The molecule has 0 bridgehead atoms. The average molecular weight is 380 g/mol. The summed E-state index contributed by atoms with van der Waals surface area (Å²) < 4.78 is 30.3. The van der Waals surface area contributed by atoms with E-state index >= 15 is 0 Å². The Balaban J connectivity index is 1.94. The van der Waals surface area contributed by atoms with Crippen molar-refractivity contribution in [2.75, 3.05) is 30.8 Å². The molecule has 0 aliphatic carbocycles. The van der Waals surface area contributed by atoms with Crippen LogP contribution >= 0.6 is 0 Å². The third kappa shape index (κ3) is 5.70. The van der Waals surface area contributed by atoms with Crippen molar-refractivity contribution < 1.29 is 23.4 Å². The van der Waals surface area contributed by atoms with Crippen LogP contribution in [0.3, 0.4) is 0 Å². The fraction of sp³-hybridized carbons (Fsp3) is 0.333. The van der Waals surface area contributed by atoms with Gasteiger partial charge in [0.25, 0.3) is 0 Å². The number of ether oxygens (including phenoxy) is 1. The number of nitrogens with two attached hydrogens (primary N) is 1. The zero-order valence-corrected chi connectivity index (χ0v) is 15.3. The molecule has 5 N–H and O–H groups in total. The lowest BCUT2D eigenvalue weighted by molar-refractivity contribution is 0.00224. The lowest BCUT2D eigenvalue weighted by Crippen LogP contribution is -2.26. The number of nitrogens with one attached hydrogen (secondary N) is 1. The van der Waals surface area contributed by atoms with Crippen LogP contribution in [0.4, 0.5) is 11.4 Å². The van der Waals surface area contributed by atoms with E-state index in [2.05, 4.69) is 5.32 Å². The molecular weight excluding hydrogens is 356 g/mol. The van der Waals surface area contributed by atoms with Gasteiger partial charge in [-0.1, -0.05) is 0 Å². The molecule has 0 aliphatic heterocycles. The Kier molecular flexibility index (Phi) is 6.98. The van der Waals surface area contributed by atoms with E-state index in [1.807, 2.05) is 0 Å². The highest BCUT2D eigenvalue weighted by atomic mass is 32.2. The van der Waals surface area contributed by atoms with Crippen LogP contribution in [0.25, 0.3) is 0 Å². The van der Waals surface area contributed by atoms with Gasteiger partial charge in [-0.2, -0.15) is 0 Å². The molecule has 26 heavy (non-hydrogen) atoms. The third-order valence-electron chi connectivity index (χ3n) is 3.57. The molecule has 2 unspecified atom stereocenters. The number of anilines is 2. The molecule has 7 nitrogen and oxygen atoms in total. The SMILES string of the molecule is CC(O)COCC(O)CNc1ccc(S(=O)(=O)c2ccc(N)cc2)cc1. The molecule has 0 amide bonds. The first-order valence-corrected chi connectivity index (χ1v) is 9.66. The summed E-state index contributed by atoms with van der Waals surface area (Å²) in [5.41, 5.74) is 6.76. The van der Waals surface area contributed by atoms with E-state index in [-0.39, 0.29) is 29.5 Å². The number of rotatable bonds is 9. The maximum absolute atomic E-state index is 12.6. The molecule has 0 saturated carbocycles. The quantitative estimate of drug-likeness (QED) is 0.483. The summed E-state index contributed by atoms with van der Waals surface area (Å²) in [7, 11) is -3.60. The summed E-state index contributed by atoms with van der Waals surface area (Å²) in [6, 6.07) is 12.3. The van der Waals surface area contributed by atoms with Crippen molar-refractivity contribution in [2.24, 2.45) is 0 Å². The van der Waals surface area contributed by atoms with E-state index in [1.54, 1.807) is 31.2 Å². The largest absolute Gasteiger partial charge is 0.399 e. The molecule has 8 heteroatoms. The highest BCUT2D eigenvalue weighted by Gasteiger charge is 2.17. The van der Waals surface area contributed by atoms with Gasteiger partial charge in [-0.15, -0.1) is 0 Å². The summed E-state index contributed by atoms with van der Waals surface area (Å²) >= 11 is 0. The van der Waals surface area contributed by atoms with Crippen molar-refractivity contribution in [1.29, 1.82) is 0 Å². The zero-order valence-electron chi connectivity index (χ0n) is 14.5. The van der Waals surface area contributed by atoms with E-state index in [9.17, 15) is 13.5 Å². The second-order valence-corrected chi connectivity index (χ2v) is 7.97. The first-order chi connectivity index (χ1) is 12.3. The van der Waals surface area contributed by atoms with Gasteiger partial charge in [0.05, 0.1) is 35.2 Å². The number of benzene rings is 2. The number of nitrogen functional groups attached to an aromatic ring is 1. The Morgan fingerprint density at radius 2 is 1.54 bits per heavy atom. The fourth-order valence-corrected chi connectivity index (χ4v) is 3.47. The van der Waals surface area contributed by atoms with Gasteiger partial charge in [0.2, 0.25) is 9.84 Å². The van der Waals surface area contributed by atoms with Gasteiger partial charge in [-0.05, 0) is 55.5 Å². The number of hydrogen-bond acceptors (Lipinski definition) is 7. The number of hydrogen-bond donors (Lipinski definition) is 4. The third-order valence-corrected chi connectivity index (χ3v) is 5.35. The number of sulfone groups is 1. The average Bonchev–Trinajstić information content (AvgIpc) is 2.60. The smallest absolute Gasteiger partial charge is 0.206 e. The molecule has 2 aromatic carbocycles. The maximum Gasteiger partial charge on any atom is 0.206 e. The summed E-state index contributed by atoms with van der Waals surface area (Å²) in [5.74, 6) is 0.